The zero-order valence-corrected chi connectivity index (χ0v) is 13.7. The molecule has 0 aliphatic carbocycles. The zero-order chi connectivity index (χ0) is 17.1. The number of nitrogens with zero attached hydrogens (tertiary/aromatic N) is 3. The number of amides is 1. The van der Waals surface area contributed by atoms with Crippen LogP contribution in [0.25, 0.3) is 11.4 Å². The van der Waals surface area contributed by atoms with Crippen LogP contribution in [0.1, 0.15) is 30.7 Å². The normalized spacial score (nSPS) is 15.7. The number of aryl methyl sites for hydroxylation is 2. The molecule has 2 heterocycles. The Morgan fingerprint density at radius 3 is 2.88 bits per heavy atom. The van der Waals surface area contributed by atoms with Gasteiger partial charge >= 0.3 is 0 Å². The molecule has 1 amide bonds. The monoisotopic (exact) mass is 332 g/mol. The van der Waals surface area contributed by atoms with Crippen LogP contribution in [0.15, 0.2) is 22.7 Å². The van der Waals surface area contributed by atoms with Crippen molar-refractivity contribution in [2.24, 2.45) is 5.73 Å². The fourth-order valence-corrected chi connectivity index (χ4v) is 2.73. The van der Waals surface area contributed by atoms with E-state index in [0.717, 1.165) is 12.8 Å². The average Bonchev–Trinajstić information content (AvgIpc) is 3.05. The molecule has 7 heteroatoms. The van der Waals surface area contributed by atoms with Crippen molar-refractivity contribution in [3.8, 4) is 11.4 Å². The van der Waals surface area contributed by atoms with Gasteiger partial charge in [-0.3, -0.25) is 4.79 Å². The van der Waals surface area contributed by atoms with Crippen LogP contribution in [0.5, 0.6) is 0 Å². The lowest BCUT2D eigenvalue weighted by Crippen LogP contribution is -2.42. The topological polar surface area (TPSA) is 85.2 Å². The first-order valence-electron chi connectivity index (χ1n) is 8.15. The summed E-state index contributed by atoms with van der Waals surface area (Å²) in [6, 6.07) is 4.99. The minimum atomic E-state index is -0.308. The molecule has 1 saturated heterocycles. The molecule has 0 atom stereocenters. The molecule has 0 saturated carbocycles. The van der Waals surface area contributed by atoms with Crippen LogP contribution in [0, 0.1) is 12.7 Å². The number of piperidine rings is 1. The number of carbonyl (C=O) groups is 1. The number of hydrogen-bond acceptors (Lipinski definition) is 5. The average molecular weight is 332 g/mol. The molecular weight excluding hydrogens is 311 g/mol. The number of halogens is 1. The Kier molecular flexibility index (Phi) is 4.89. The second kappa shape index (κ2) is 7.09. The SMILES string of the molecule is Cc1ccc(-c2noc(CCC(=O)N3CCC(N)CC3)n2)cc1F. The summed E-state index contributed by atoms with van der Waals surface area (Å²) in [4.78, 5) is 18.3. The number of nitrogens with two attached hydrogens (primary N) is 1. The van der Waals surface area contributed by atoms with Crippen molar-refractivity contribution in [2.75, 3.05) is 13.1 Å². The molecule has 0 radical (unpaired) electrons. The molecule has 1 aliphatic rings. The Morgan fingerprint density at radius 2 is 2.17 bits per heavy atom. The third-order valence-corrected chi connectivity index (χ3v) is 4.34. The van der Waals surface area contributed by atoms with Crippen molar-refractivity contribution in [2.45, 2.75) is 38.6 Å². The molecule has 6 nitrogen and oxygen atoms in total. The van der Waals surface area contributed by atoms with Crippen molar-refractivity contribution in [3.63, 3.8) is 0 Å². The highest BCUT2D eigenvalue weighted by molar-refractivity contribution is 5.76. The lowest BCUT2D eigenvalue weighted by Gasteiger charge is -2.30. The molecule has 0 spiro atoms. The van der Waals surface area contributed by atoms with Crippen molar-refractivity contribution in [1.82, 2.24) is 15.0 Å². The summed E-state index contributed by atoms with van der Waals surface area (Å²) < 4.78 is 18.8. The predicted molar refractivity (Wildman–Crippen MR) is 86.5 cm³/mol. The number of benzene rings is 1. The van der Waals surface area contributed by atoms with Gasteiger partial charge in [-0.15, -0.1) is 0 Å². The standard InChI is InChI=1S/C17H21FN4O2/c1-11-2-3-12(10-14(11)18)17-20-15(24-21-17)4-5-16(23)22-8-6-13(19)7-9-22/h2-3,10,13H,4-9,19H2,1H3. The first kappa shape index (κ1) is 16.6. The lowest BCUT2D eigenvalue weighted by atomic mass is 10.1. The molecule has 24 heavy (non-hydrogen) atoms. The Labute approximate surface area is 139 Å². The van der Waals surface area contributed by atoms with E-state index in [2.05, 4.69) is 10.1 Å². The molecule has 1 aromatic carbocycles. The maximum atomic E-state index is 13.6. The predicted octanol–water partition coefficient (Wildman–Crippen LogP) is 2.07. The quantitative estimate of drug-likeness (QED) is 0.926. The van der Waals surface area contributed by atoms with Crippen LogP contribution < -0.4 is 5.73 Å². The number of likely N-dealkylation sites (tertiary alicyclic amines) is 1. The summed E-state index contributed by atoms with van der Waals surface area (Å²) >= 11 is 0. The third-order valence-electron chi connectivity index (χ3n) is 4.34. The smallest absolute Gasteiger partial charge is 0.227 e. The van der Waals surface area contributed by atoms with E-state index in [1.165, 1.54) is 6.07 Å². The van der Waals surface area contributed by atoms with Crippen molar-refractivity contribution >= 4 is 5.91 Å². The van der Waals surface area contributed by atoms with Crippen LogP contribution in [0.4, 0.5) is 4.39 Å². The highest BCUT2D eigenvalue weighted by atomic mass is 19.1. The van der Waals surface area contributed by atoms with Gasteiger partial charge in [-0.05, 0) is 31.4 Å². The molecule has 1 aliphatic heterocycles. The summed E-state index contributed by atoms with van der Waals surface area (Å²) in [7, 11) is 0. The molecule has 2 aromatic rings. The molecule has 1 aromatic heterocycles. The summed E-state index contributed by atoms with van der Waals surface area (Å²) in [6.45, 7) is 3.11. The van der Waals surface area contributed by atoms with E-state index >= 15 is 0 Å². The minimum Gasteiger partial charge on any atom is -0.343 e. The molecule has 3 rings (SSSR count). The molecule has 128 valence electrons. The van der Waals surface area contributed by atoms with E-state index in [1.54, 1.807) is 19.1 Å². The van der Waals surface area contributed by atoms with Gasteiger partial charge in [0.2, 0.25) is 17.6 Å². The largest absolute Gasteiger partial charge is 0.343 e. The van der Waals surface area contributed by atoms with Gasteiger partial charge < -0.3 is 15.2 Å². The van der Waals surface area contributed by atoms with E-state index < -0.39 is 0 Å². The van der Waals surface area contributed by atoms with Crippen molar-refractivity contribution in [1.29, 1.82) is 0 Å². The van der Waals surface area contributed by atoms with Gasteiger partial charge in [0.1, 0.15) is 5.82 Å². The number of rotatable bonds is 4. The second-order valence-electron chi connectivity index (χ2n) is 6.19. The minimum absolute atomic E-state index is 0.0723. The number of carbonyl (C=O) groups excluding carboxylic acids is 1. The van der Waals surface area contributed by atoms with Gasteiger partial charge in [-0.1, -0.05) is 17.3 Å². The van der Waals surface area contributed by atoms with Crippen LogP contribution in [-0.2, 0) is 11.2 Å². The second-order valence-corrected chi connectivity index (χ2v) is 6.19. The first-order valence-corrected chi connectivity index (χ1v) is 8.15. The Hall–Kier alpha value is -2.28. The molecule has 0 bridgehead atoms. The third kappa shape index (κ3) is 3.79. The van der Waals surface area contributed by atoms with Gasteiger partial charge in [-0.25, -0.2) is 4.39 Å². The molecule has 2 N–H and O–H groups in total. The van der Waals surface area contributed by atoms with Crippen molar-refractivity contribution < 1.29 is 13.7 Å². The maximum Gasteiger partial charge on any atom is 0.227 e. The Bertz CT molecular complexity index is 723. The molecule has 0 unspecified atom stereocenters. The zero-order valence-electron chi connectivity index (χ0n) is 13.7. The van der Waals surface area contributed by atoms with Crippen LogP contribution in [0.3, 0.4) is 0 Å². The summed E-state index contributed by atoms with van der Waals surface area (Å²) in [5.41, 5.74) is 6.97. The van der Waals surface area contributed by atoms with Gasteiger partial charge in [0, 0.05) is 37.5 Å². The van der Waals surface area contributed by atoms with Crippen LogP contribution >= 0.6 is 0 Å². The number of aromatic nitrogens is 2. The Balaban J connectivity index is 1.58. The van der Waals surface area contributed by atoms with Crippen LogP contribution in [-0.4, -0.2) is 40.1 Å². The lowest BCUT2D eigenvalue weighted by molar-refractivity contribution is -0.132. The highest BCUT2D eigenvalue weighted by Crippen LogP contribution is 2.19. The van der Waals surface area contributed by atoms with Gasteiger partial charge in [0.05, 0.1) is 0 Å². The maximum absolute atomic E-state index is 13.6. The summed E-state index contributed by atoms with van der Waals surface area (Å²) in [5.74, 6) is 0.480. The summed E-state index contributed by atoms with van der Waals surface area (Å²) in [5, 5.41) is 3.86. The fraction of sp³-hybridized carbons (Fsp3) is 0.471. The fourth-order valence-electron chi connectivity index (χ4n) is 2.73. The summed E-state index contributed by atoms with van der Waals surface area (Å²) in [6.07, 6.45) is 2.38. The van der Waals surface area contributed by atoms with E-state index in [0.29, 0.717) is 48.8 Å². The van der Waals surface area contributed by atoms with Crippen LogP contribution in [0.2, 0.25) is 0 Å². The van der Waals surface area contributed by atoms with E-state index in [4.69, 9.17) is 10.3 Å². The van der Waals surface area contributed by atoms with Gasteiger partial charge in [-0.2, -0.15) is 4.98 Å². The van der Waals surface area contributed by atoms with E-state index in [-0.39, 0.29) is 17.8 Å². The molecule has 1 fully saturated rings. The van der Waals surface area contributed by atoms with Gasteiger partial charge in [0.15, 0.2) is 0 Å². The van der Waals surface area contributed by atoms with E-state index in [1.807, 2.05) is 4.90 Å². The van der Waals surface area contributed by atoms with Crippen molar-refractivity contribution in [3.05, 3.63) is 35.5 Å². The van der Waals surface area contributed by atoms with E-state index in [9.17, 15) is 9.18 Å². The van der Waals surface area contributed by atoms with Gasteiger partial charge in [0.25, 0.3) is 0 Å². The highest BCUT2D eigenvalue weighted by Gasteiger charge is 2.21. The Morgan fingerprint density at radius 1 is 1.42 bits per heavy atom. The number of hydrogen-bond donors (Lipinski definition) is 1. The molecular formula is C17H21FN4O2. The first-order chi connectivity index (χ1) is 11.5.